The number of anilines is 1. The van der Waals surface area contributed by atoms with Gasteiger partial charge in [-0.05, 0) is 64.2 Å². The van der Waals surface area contributed by atoms with Crippen molar-refractivity contribution in [3.8, 4) is 0 Å². The summed E-state index contributed by atoms with van der Waals surface area (Å²) in [4.78, 5) is 24.9. The molecule has 2 aromatic heterocycles. The van der Waals surface area contributed by atoms with Gasteiger partial charge in [0.2, 0.25) is 0 Å². The van der Waals surface area contributed by atoms with E-state index >= 15 is 0 Å². The van der Waals surface area contributed by atoms with Gasteiger partial charge in [0, 0.05) is 31.7 Å². The topological polar surface area (TPSA) is 85.6 Å². The van der Waals surface area contributed by atoms with E-state index in [2.05, 4.69) is 44.8 Å². The standard InChI is InChI=1S/C28H36N6O3/c1-28(2,3)36-27(35)37-34-17-9-12-23(34)26-31-30-25(33(26)20-21-10-5-4-6-11-21)22-14-18-32(19-15-22)24-13-7-8-16-29-24/h4-8,10-11,13,16,22-23H,9,12,14-15,17-20H2,1-3H3/t23-/m1/s1. The van der Waals surface area contributed by atoms with Gasteiger partial charge in [0.05, 0.1) is 6.54 Å². The molecule has 9 nitrogen and oxygen atoms in total. The molecule has 1 aromatic carbocycles. The number of hydrogen-bond acceptors (Lipinski definition) is 8. The molecule has 0 radical (unpaired) electrons. The van der Waals surface area contributed by atoms with Crippen LogP contribution in [-0.4, -0.2) is 56.2 Å². The first-order valence-corrected chi connectivity index (χ1v) is 13.2. The van der Waals surface area contributed by atoms with E-state index in [9.17, 15) is 4.79 Å². The smallest absolute Gasteiger partial charge is 0.427 e. The molecule has 0 unspecified atom stereocenters. The lowest BCUT2D eigenvalue weighted by Gasteiger charge is -2.32. The van der Waals surface area contributed by atoms with Gasteiger partial charge in [-0.2, -0.15) is 0 Å². The number of piperidine rings is 1. The van der Waals surface area contributed by atoms with Crippen LogP contribution < -0.4 is 4.90 Å². The van der Waals surface area contributed by atoms with Crippen molar-refractivity contribution in [1.82, 2.24) is 24.8 Å². The van der Waals surface area contributed by atoms with E-state index in [0.717, 1.165) is 56.2 Å². The lowest BCUT2D eigenvalue weighted by Crippen LogP contribution is -2.35. The highest BCUT2D eigenvalue weighted by Crippen LogP contribution is 2.35. The molecule has 0 spiro atoms. The minimum absolute atomic E-state index is 0.161. The van der Waals surface area contributed by atoms with Crippen LogP contribution in [0.3, 0.4) is 0 Å². The van der Waals surface area contributed by atoms with E-state index in [1.54, 1.807) is 5.06 Å². The number of hydroxylamine groups is 2. The highest BCUT2D eigenvalue weighted by molar-refractivity contribution is 5.60. The third-order valence-electron chi connectivity index (χ3n) is 6.91. The second-order valence-electron chi connectivity index (χ2n) is 10.8. The fourth-order valence-electron chi connectivity index (χ4n) is 5.18. The van der Waals surface area contributed by atoms with Crippen LogP contribution >= 0.6 is 0 Å². The molecule has 0 saturated carbocycles. The van der Waals surface area contributed by atoms with Crippen molar-refractivity contribution in [2.24, 2.45) is 0 Å². The summed E-state index contributed by atoms with van der Waals surface area (Å²) in [6, 6.07) is 16.3. The summed E-state index contributed by atoms with van der Waals surface area (Å²) >= 11 is 0. The van der Waals surface area contributed by atoms with Crippen molar-refractivity contribution in [3.05, 3.63) is 71.9 Å². The van der Waals surface area contributed by atoms with E-state index in [0.29, 0.717) is 19.0 Å². The molecule has 2 aliphatic heterocycles. The van der Waals surface area contributed by atoms with Crippen molar-refractivity contribution in [3.63, 3.8) is 0 Å². The predicted molar refractivity (Wildman–Crippen MR) is 140 cm³/mol. The van der Waals surface area contributed by atoms with Crippen LogP contribution in [0.15, 0.2) is 54.7 Å². The molecule has 0 bridgehead atoms. The molecule has 2 fully saturated rings. The lowest BCUT2D eigenvalue weighted by molar-refractivity contribution is -0.153. The molecule has 5 rings (SSSR count). The fraction of sp³-hybridized carbons (Fsp3) is 0.500. The van der Waals surface area contributed by atoms with Crippen molar-refractivity contribution >= 4 is 12.0 Å². The van der Waals surface area contributed by atoms with E-state index < -0.39 is 11.8 Å². The second kappa shape index (κ2) is 10.9. The number of nitrogens with zero attached hydrogens (tertiary/aromatic N) is 6. The number of rotatable bonds is 6. The zero-order valence-corrected chi connectivity index (χ0v) is 21.9. The van der Waals surface area contributed by atoms with Crippen LogP contribution in [0.4, 0.5) is 10.6 Å². The highest BCUT2D eigenvalue weighted by atomic mass is 16.8. The average Bonchev–Trinajstić information content (AvgIpc) is 3.51. The molecule has 9 heteroatoms. The van der Waals surface area contributed by atoms with E-state index in [4.69, 9.17) is 19.8 Å². The summed E-state index contributed by atoms with van der Waals surface area (Å²) in [5, 5.41) is 11.1. The van der Waals surface area contributed by atoms with Gasteiger partial charge in [0.1, 0.15) is 23.3 Å². The van der Waals surface area contributed by atoms with E-state index in [1.807, 2.05) is 45.2 Å². The molecule has 1 atom stereocenters. The Labute approximate surface area is 218 Å². The van der Waals surface area contributed by atoms with Gasteiger partial charge in [-0.1, -0.05) is 36.4 Å². The van der Waals surface area contributed by atoms with Gasteiger partial charge in [0.25, 0.3) is 0 Å². The molecular weight excluding hydrogens is 468 g/mol. The Balaban J connectivity index is 1.37. The zero-order valence-electron chi connectivity index (χ0n) is 21.9. The molecule has 37 heavy (non-hydrogen) atoms. The molecule has 4 heterocycles. The Morgan fingerprint density at radius 2 is 1.68 bits per heavy atom. The number of aromatic nitrogens is 4. The molecule has 0 N–H and O–H groups in total. The number of ether oxygens (including phenoxy) is 1. The summed E-state index contributed by atoms with van der Waals surface area (Å²) in [6.07, 6.45) is 4.86. The van der Waals surface area contributed by atoms with Crippen LogP contribution in [0.2, 0.25) is 0 Å². The Morgan fingerprint density at radius 3 is 2.38 bits per heavy atom. The molecule has 0 aliphatic carbocycles. The number of carbonyl (C=O) groups is 1. The van der Waals surface area contributed by atoms with Crippen LogP contribution in [0.25, 0.3) is 0 Å². The molecule has 3 aromatic rings. The van der Waals surface area contributed by atoms with E-state index in [-0.39, 0.29) is 6.04 Å². The Hall–Kier alpha value is -3.46. The van der Waals surface area contributed by atoms with Crippen LogP contribution in [-0.2, 0) is 16.1 Å². The van der Waals surface area contributed by atoms with Gasteiger partial charge in [-0.3, -0.25) is 0 Å². The highest BCUT2D eigenvalue weighted by Gasteiger charge is 2.36. The lowest BCUT2D eigenvalue weighted by atomic mass is 9.95. The quantitative estimate of drug-likeness (QED) is 0.428. The Morgan fingerprint density at radius 1 is 0.946 bits per heavy atom. The van der Waals surface area contributed by atoms with E-state index in [1.165, 1.54) is 5.56 Å². The van der Waals surface area contributed by atoms with Crippen LogP contribution in [0.1, 0.15) is 75.6 Å². The molecule has 2 aliphatic rings. The third-order valence-corrected chi connectivity index (χ3v) is 6.91. The zero-order chi connectivity index (χ0) is 25.8. The normalized spacial score (nSPS) is 19.2. The van der Waals surface area contributed by atoms with Crippen molar-refractivity contribution in [2.45, 2.75) is 70.6 Å². The van der Waals surface area contributed by atoms with Gasteiger partial charge in [0.15, 0.2) is 5.82 Å². The maximum absolute atomic E-state index is 12.4. The van der Waals surface area contributed by atoms with Crippen molar-refractivity contribution in [1.29, 1.82) is 0 Å². The number of carbonyl (C=O) groups excluding carboxylic acids is 1. The Kier molecular flexibility index (Phi) is 7.41. The SMILES string of the molecule is CC(C)(C)OC(=O)ON1CCC[C@@H]1c1nnc(C2CCN(c3ccccn3)CC2)n1Cc1ccccc1. The van der Waals surface area contributed by atoms with Gasteiger partial charge < -0.3 is 19.0 Å². The molecule has 196 valence electrons. The fourth-order valence-corrected chi connectivity index (χ4v) is 5.18. The predicted octanol–water partition coefficient (Wildman–Crippen LogP) is 5.11. The van der Waals surface area contributed by atoms with Gasteiger partial charge >= 0.3 is 6.16 Å². The van der Waals surface area contributed by atoms with Gasteiger partial charge in [-0.25, -0.2) is 9.78 Å². The number of hydrogen-bond donors (Lipinski definition) is 0. The van der Waals surface area contributed by atoms with Crippen LogP contribution in [0.5, 0.6) is 0 Å². The van der Waals surface area contributed by atoms with Gasteiger partial charge in [-0.15, -0.1) is 15.3 Å². The average molecular weight is 505 g/mol. The third kappa shape index (κ3) is 6.10. The Bertz CT molecular complexity index is 1170. The summed E-state index contributed by atoms with van der Waals surface area (Å²) in [5.41, 5.74) is 0.574. The molecular formula is C28H36N6O3. The maximum atomic E-state index is 12.4. The molecule has 0 amide bonds. The minimum atomic E-state index is -0.685. The largest absolute Gasteiger partial charge is 0.528 e. The molecule has 2 saturated heterocycles. The summed E-state index contributed by atoms with van der Waals surface area (Å²) < 4.78 is 7.65. The summed E-state index contributed by atoms with van der Waals surface area (Å²) in [6.45, 7) is 8.65. The first-order chi connectivity index (χ1) is 17.9. The number of pyridine rings is 1. The first-order valence-electron chi connectivity index (χ1n) is 13.2. The summed E-state index contributed by atoms with van der Waals surface area (Å²) in [7, 11) is 0. The second-order valence-corrected chi connectivity index (χ2v) is 10.8. The van der Waals surface area contributed by atoms with Crippen LogP contribution in [0, 0.1) is 0 Å². The van der Waals surface area contributed by atoms with Crippen molar-refractivity contribution in [2.75, 3.05) is 24.5 Å². The summed E-state index contributed by atoms with van der Waals surface area (Å²) in [5.74, 6) is 3.16. The van der Waals surface area contributed by atoms with Crippen molar-refractivity contribution < 1.29 is 14.4 Å². The minimum Gasteiger partial charge on any atom is -0.427 e. The monoisotopic (exact) mass is 504 g/mol. The number of benzene rings is 1. The first kappa shape index (κ1) is 25.2. The maximum Gasteiger partial charge on any atom is 0.528 e.